The molecular weight excluding hydrogens is 398 g/mol. The number of thioether (sulfide) groups is 1. The second kappa shape index (κ2) is 8.41. The van der Waals surface area contributed by atoms with Crippen LogP contribution in [0.5, 0.6) is 0 Å². The van der Waals surface area contributed by atoms with Gasteiger partial charge in [0.1, 0.15) is 10.8 Å². The molecule has 1 amide bonds. The Bertz CT molecular complexity index is 1170. The van der Waals surface area contributed by atoms with Crippen molar-refractivity contribution in [2.45, 2.75) is 29.4 Å². The highest BCUT2D eigenvalue weighted by molar-refractivity contribution is 8.00. The first kappa shape index (κ1) is 19.0. The van der Waals surface area contributed by atoms with Gasteiger partial charge in [0.25, 0.3) is 0 Å². The summed E-state index contributed by atoms with van der Waals surface area (Å²) in [6.07, 6.45) is 2.12. The van der Waals surface area contributed by atoms with Gasteiger partial charge in [-0.25, -0.2) is 4.98 Å². The highest BCUT2D eigenvalue weighted by atomic mass is 32.2. The molecule has 30 heavy (non-hydrogen) atoms. The zero-order valence-electron chi connectivity index (χ0n) is 16.2. The molecule has 1 aliphatic rings. The van der Waals surface area contributed by atoms with Crippen LogP contribution in [0, 0.1) is 0 Å². The zero-order valence-corrected chi connectivity index (χ0v) is 17.1. The number of benzene rings is 2. The molecule has 4 aromatic rings. The van der Waals surface area contributed by atoms with E-state index in [-0.39, 0.29) is 12.0 Å². The lowest BCUT2D eigenvalue weighted by molar-refractivity contribution is -0.121. The molecule has 3 heterocycles. The molecule has 7 nitrogen and oxygen atoms in total. The standard InChI is InChI=1S/C22H21N5O2S/c28-21(23-13-15-9-6-12-29-15)19(14-7-2-1-3-8-14)30-22-25-20-18(26-27-22)16-10-4-5-11-17(16)24-20/h1-5,7-8,10-11,15,19H,6,9,12-13H2,(H,23,28)(H,24,25,27). The van der Waals surface area contributed by atoms with Crippen LogP contribution < -0.4 is 5.32 Å². The summed E-state index contributed by atoms with van der Waals surface area (Å²) in [5.41, 5.74) is 3.26. The average Bonchev–Trinajstić information content (AvgIpc) is 3.43. The fourth-order valence-electron chi connectivity index (χ4n) is 3.67. The summed E-state index contributed by atoms with van der Waals surface area (Å²) >= 11 is 1.30. The molecule has 0 bridgehead atoms. The van der Waals surface area contributed by atoms with Gasteiger partial charge in [-0.15, -0.1) is 10.2 Å². The number of H-pyrrole nitrogens is 1. The summed E-state index contributed by atoms with van der Waals surface area (Å²) in [5.74, 6) is -0.0814. The lowest BCUT2D eigenvalue weighted by atomic mass is 10.1. The number of nitrogens with one attached hydrogen (secondary N) is 2. The molecule has 1 saturated heterocycles. The maximum absolute atomic E-state index is 13.0. The van der Waals surface area contributed by atoms with Crippen molar-refractivity contribution in [2.75, 3.05) is 13.2 Å². The quantitative estimate of drug-likeness (QED) is 0.464. The van der Waals surface area contributed by atoms with Gasteiger partial charge in [-0.3, -0.25) is 4.79 Å². The summed E-state index contributed by atoms with van der Waals surface area (Å²) < 4.78 is 5.62. The minimum atomic E-state index is -0.476. The Morgan fingerprint density at radius 2 is 2.00 bits per heavy atom. The largest absolute Gasteiger partial charge is 0.376 e. The highest BCUT2D eigenvalue weighted by Crippen LogP contribution is 2.34. The van der Waals surface area contributed by atoms with Crippen molar-refractivity contribution in [3.63, 3.8) is 0 Å². The van der Waals surface area contributed by atoms with E-state index in [9.17, 15) is 4.79 Å². The number of amides is 1. The van der Waals surface area contributed by atoms with Crippen LogP contribution in [0.15, 0.2) is 59.8 Å². The second-order valence-corrected chi connectivity index (χ2v) is 8.32. The van der Waals surface area contributed by atoms with E-state index in [0.717, 1.165) is 41.4 Å². The van der Waals surface area contributed by atoms with E-state index < -0.39 is 5.25 Å². The summed E-state index contributed by atoms with van der Waals surface area (Å²) in [5, 5.41) is 12.7. The van der Waals surface area contributed by atoms with Gasteiger partial charge in [-0.2, -0.15) is 0 Å². The van der Waals surface area contributed by atoms with Crippen molar-refractivity contribution < 1.29 is 9.53 Å². The number of nitrogens with zero attached hydrogens (tertiary/aromatic N) is 3. The third-order valence-electron chi connectivity index (χ3n) is 5.19. The van der Waals surface area contributed by atoms with Crippen molar-refractivity contribution in [1.29, 1.82) is 0 Å². The predicted octanol–water partition coefficient (Wildman–Crippen LogP) is 3.63. The molecule has 1 fully saturated rings. The molecule has 2 N–H and O–H groups in total. The number of hydrogen-bond acceptors (Lipinski definition) is 6. The molecule has 2 atom stereocenters. The summed E-state index contributed by atoms with van der Waals surface area (Å²) in [7, 11) is 0. The number of carbonyl (C=O) groups excluding carboxylic acids is 1. The molecular formula is C22H21N5O2S. The monoisotopic (exact) mass is 419 g/mol. The van der Waals surface area contributed by atoms with Crippen molar-refractivity contribution in [3.8, 4) is 0 Å². The number of aromatic amines is 1. The van der Waals surface area contributed by atoms with Gasteiger partial charge >= 0.3 is 0 Å². The molecule has 0 spiro atoms. The molecule has 1 aliphatic heterocycles. The Balaban J connectivity index is 1.41. The molecule has 152 valence electrons. The number of rotatable bonds is 6. The van der Waals surface area contributed by atoms with Crippen LogP contribution in [0.3, 0.4) is 0 Å². The van der Waals surface area contributed by atoms with Crippen LogP contribution in [0.25, 0.3) is 22.1 Å². The average molecular weight is 420 g/mol. The van der Waals surface area contributed by atoms with Gasteiger partial charge in [0, 0.05) is 24.1 Å². The number of carbonyl (C=O) groups is 1. The van der Waals surface area contributed by atoms with E-state index >= 15 is 0 Å². The topological polar surface area (TPSA) is 92.8 Å². The van der Waals surface area contributed by atoms with Gasteiger partial charge < -0.3 is 15.0 Å². The number of aromatic nitrogens is 4. The first-order valence-electron chi connectivity index (χ1n) is 10.00. The Hall–Kier alpha value is -2.97. The van der Waals surface area contributed by atoms with Crippen molar-refractivity contribution in [3.05, 3.63) is 60.2 Å². The van der Waals surface area contributed by atoms with E-state index in [1.54, 1.807) is 0 Å². The Morgan fingerprint density at radius 3 is 2.83 bits per heavy atom. The first-order valence-corrected chi connectivity index (χ1v) is 10.9. The number of ether oxygens (including phenoxy) is 1. The van der Waals surface area contributed by atoms with E-state index in [1.807, 2.05) is 54.6 Å². The Labute approximate surface area is 177 Å². The molecule has 8 heteroatoms. The smallest absolute Gasteiger partial charge is 0.238 e. The van der Waals surface area contributed by atoms with E-state index in [4.69, 9.17) is 4.74 Å². The van der Waals surface area contributed by atoms with Crippen LogP contribution in [0.1, 0.15) is 23.7 Å². The SMILES string of the molecule is O=C(NCC1CCCO1)C(Sc1nnc2c(n1)[nH]c1ccccc12)c1ccccc1. The first-order chi connectivity index (χ1) is 14.8. The van der Waals surface area contributed by atoms with Crippen molar-refractivity contribution in [2.24, 2.45) is 0 Å². The van der Waals surface area contributed by atoms with Crippen molar-refractivity contribution in [1.82, 2.24) is 25.5 Å². The fourth-order valence-corrected chi connectivity index (χ4v) is 4.60. The maximum Gasteiger partial charge on any atom is 0.238 e. The normalized spacial score (nSPS) is 17.4. The molecule has 0 aliphatic carbocycles. The predicted molar refractivity (Wildman–Crippen MR) is 116 cm³/mol. The summed E-state index contributed by atoms with van der Waals surface area (Å²) in [6.45, 7) is 1.28. The number of para-hydroxylation sites is 1. The Kier molecular flexibility index (Phi) is 5.33. The Morgan fingerprint density at radius 1 is 1.17 bits per heavy atom. The third-order valence-corrected chi connectivity index (χ3v) is 6.30. The minimum Gasteiger partial charge on any atom is -0.376 e. The van der Waals surface area contributed by atoms with Crippen LogP contribution in [-0.2, 0) is 9.53 Å². The molecule has 2 aromatic heterocycles. The van der Waals surface area contributed by atoms with Crippen molar-refractivity contribution >= 4 is 39.7 Å². The third kappa shape index (κ3) is 3.88. The summed E-state index contributed by atoms with van der Waals surface area (Å²) in [6, 6.07) is 17.6. The molecule has 0 saturated carbocycles. The molecule has 0 radical (unpaired) electrons. The number of fused-ring (bicyclic) bond motifs is 3. The number of hydrogen-bond donors (Lipinski definition) is 2. The van der Waals surface area contributed by atoms with E-state index in [0.29, 0.717) is 17.3 Å². The van der Waals surface area contributed by atoms with E-state index in [2.05, 4.69) is 25.5 Å². The van der Waals surface area contributed by atoms with Crippen LogP contribution in [0.2, 0.25) is 0 Å². The molecule has 2 unspecified atom stereocenters. The van der Waals surface area contributed by atoms with Crippen LogP contribution in [-0.4, -0.2) is 45.3 Å². The van der Waals surface area contributed by atoms with Gasteiger partial charge in [0.2, 0.25) is 11.1 Å². The van der Waals surface area contributed by atoms with E-state index in [1.165, 1.54) is 11.8 Å². The van der Waals surface area contributed by atoms with Crippen LogP contribution in [0.4, 0.5) is 0 Å². The molecule has 2 aromatic carbocycles. The summed E-state index contributed by atoms with van der Waals surface area (Å²) in [4.78, 5) is 20.9. The lowest BCUT2D eigenvalue weighted by Crippen LogP contribution is -2.34. The van der Waals surface area contributed by atoms with Gasteiger partial charge in [0.05, 0.1) is 6.10 Å². The second-order valence-electron chi connectivity index (χ2n) is 7.25. The lowest BCUT2D eigenvalue weighted by Gasteiger charge is -2.17. The van der Waals surface area contributed by atoms with Gasteiger partial charge in [0.15, 0.2) is 5.65 Å². The van der Waals surface area contributed by atoms with Gasteiger partial charge in [-0.1, -0.05) is 60.3 Å². The maximum atomic E-state index is 13.0. The van der Waals surface area contributed by atoms with Crippen LogP contribution >= 0.6 is 11.8 Å². The molecule has 5 rings (SSSR count). The van der Waals surface area contributed by atoms with Gasteiger partial charge in [-0.05, 0) is 24.5 Å². The highest BCUT2D eigenvalue weighted by Gasteiger charge is 2.25. The fraction of sp³-hybridized carbons (Fsp3) is 0.273. The zero-order chi connectivity index (χ0) is 20.3. The minimum absolute atomic E-state index is 0.0814.